The van der Waals surface area contributed by atoms with Gasteiger partial charge in [-0.3, -0.25) is 0 Å². The van der Waals surface area contributed by atoms with Crippen LogP contribution in [0.4, 0.5) is 0 Å². The van der Waals surface area contributed by atoms with Crippen molar-refractivity contribution in [2.75, 3.05) is 0 Å². The fourth-order valence-electron chi connectivity index (χ4n) is 2.14. The average Bonchev–Trinajstić information content (AvgIpc) is 3.18. The summed E-state index contributed by atoms with van der Waals surface area (Å²) in [6, 6.07) is 29.3. The Morgan fingerprint density at radius 2 is 0.917 bits per heavy atom. The van der Waals surface area contributed by atoms with Crippen molar-refractivity contribution in [1.82, 2.24) is 0 Å². The van der Waals surface area contributed by atoms with Crippen LogP contribution in [-0.4, -0.2) is 6.88 Å². The number of benzene rings is 2. The molecule has 4 rings (SSSR count). The Hall–Kier alpha value is -0.280. The molecule has 24 heavy (non-hydrogen) atoms. The molecule has 0 aliphatic heterocycles. The first-order valence-electron chi connectivity index (χ1n) is 6.39. The Labute approximate surface area is 184 Å². The van der Waals surface area contributed by atoms with Gasteiger partial charge in [0.2, 0.25) is 0 Å². The number of hydrogen-bond acceptors (Lipinski definition) is 0. The van der Waals surface area contributed by atoms with Crippen LogP contribution in [0.3, 0.4) is 0 Å². The van der Waals surface area contributed by atoms with E-state index in [2.05, 4.69) is 91.8 Å². The number of rotatable bonds is 0. The van der Waals surface area contributed by atoms with Gasteiger partial charge in [0.15, 0.2) is 0 Å². The Balaban J connectivity index is -0.000000290. The maximum absolute atomic E-state index is 3.06. The van der Waals surface area contributed by atoms with Gasteiger partial charge in [-0.05, 0) is 0 Å². The normalized spacial score (nSPS) is 7.79. The SMILES string of the molecule is Br.Br.[CH3-].[CH3-].[Si]=[Zr].c1ccc2[cH-]ccc2c1.c1ccc2[cH-]ccc2c1. The minimum absolute atomic E-state index is 0. The molecule has 0 heterocycles. The van der Waals surface area contributed by atoms with E-state index in [4.69, 9.17) is 0 Å². The van der Waals surface area contributed by atoms with Crippen LogP contribution in [0.1, 0.15) is 0 Å². The molecule has 0 aromatic heterocycles. The molecule has 0 atom stereocenters. The molecule has 0 saturated heterocycles. The minimum Gasteiger partial charge on any atom is -0.168 e. The van der Waals surface area contributed by atoms with E-state index < -0.39 is 0 Å². The quantitative estimate of drug-likeness (QED) is 0.170. The van der Waals surface area contributed by atoms with Crippen molar-refractivity contribution >= 4 is 62.4 Å². The van der Waals surface area contributed by atoms with E-state index in [1.807, 2.05) is 0 Å². The molecule has 0 aliphatic rings. The molecule has 0 N–H and O–H groups in total. The fraction of sp³-hybridized carbons (Fsp3) is 0. The standard InChI is InChI=1S/2C9H7.2CH3.2BrH.Si.Zr/c2*1-2-5-9-7-3-6-8(9)4-1;;;;;;/h2*1-7H;2*1H3;2*1H;;/q4*-1;;;;. The summed E-state index contributed by atoms with van der Waals surface area (Å²) in [5.74, 6) is 0. The molecule has 0 aliphatic carbocycles. The maximum Gasteiger partial charge on any atom is -0.0809 e. The predicted molar refractivity (Wildman–Crippen MR) is 118 cm³/mol. The van der Waals surface area contributed by atoms with Gasteiger partial charge >= 0.3 is 30.2 Å². The third-order valence-electron chi connectivity index (χ3n) is 3.10. The third-order valence-corrected chi connectivity index (χ3v) is 3.10. The molecular weight excluding hydrogens is 519 g/mol. The Kier molecular flexibility index (Phi) is 19.3. The first-order chi connectivity index (χ1) is 9.93. The summed E-state index contributed by atoms with van der Waals surface area (Å²) in [5, 5.41) is 5.32. The number of fused-ring (bicyclic) bond motifs is 2. The summed E-state index contributed by atoms with van der Waals surface area (Å²) >= 11 is 1.36. The van der Waals surface area contributed by atoms with Crippen LogP contribution in [0.2, 0.25) is 0 Å². The Morgan fingerprint density at radius 3 is 1.25 bits per heavy atom. The molecule has 4 aromatic rings. The van der Waals surface area contributed by atoms with Crippen molar-refractivity contribution in [2.45, 2.75) is 0 Å². The van der Waals surface area contributed by atoms with E-state index in [9.17, 15) is 0 Å². The van der Waals surface area contributed by atoms with E-state index in [0.29, 0.717) is 0 Å². The molecule has 128 valence electrons. The third kappa shape index (κ3) is 8.20. The molecule has 0 bridgehead atoms. The second-order valence-corrected chi connectivity index (χ2v) is 4.31. The minimum atomic E-state index is 0. The summed E-state index contributed by atoms with van der Waals surface area (Å²) in [6.45, 7) is 3.06. The van der Waals surface area contributed by atoms with Crippen LogP contribution in [0, 0.1) is 14.9 Å². The molecule has 0 nitrogen and oxygen atoms in total. The number of hydrogen-bond donors (Lipinski definition) is 0. The van der Waals surface area contributed by atoms with Crippen LogP contribution < -0.4 is 0 Å². The van der Waals surface area contributed by atoms with Gasteiger partial charge in [-0.2, -0.15) is 35.0 Å². The van der Waals surface area contributed by atoms with E-state index in [-0.39, 0.29) is 48.8 Å². The molecule has 2 radical (unpaired) electrons. The summed E-state index contributed by atoms with van der Waals surface area (Å²) in [6.07, 6.45) is 0. The van der Waals surface area contributed by atoms with E-state index >= 15 is 0 Å². The van der Waals surface area contributed by atoms with Gasteiger partial charge in [-0.25, -0.2) is 0 Å². The van der Waals surface area contributed by atoms with Crippen LogP contribution in [0.15, 0.2) is 84.9 Å². The summed E-state index contributed by atoms with van der Waals surface area (Å²) in [4.78, 5) is 0. The largest absolute Gasteiger partial charge is 0.168 e. The van der Waals surface area contributed by atoms with E-state index in [1.54, 1.807) is 0 Å². The second kappa shape index (κ2) is 16.2. The van der Waals surface area contributed by atoms with Gasteiger partial charge in [0.05, 0.1) is 0 Å². The Morgan fingerprint density at radius 1 is 0.583 bits per heavy atom. The second-order valence-electron chi connectivity index (χ2n) is 4.31. The van der Waals surface area contributed by atoms with Crippen LogP contribution in [0.25, 0.3) is 21.5 Å². The van der Waals surface area contributed by atoms with E-state index in [1.165, 1.54) is 44.9 Å². The Bertz CT molecular complexity index is 651. The zero-order chi connectivity index (χ0) is 14.2. The zero-order valence-corrected chi connectivity index (χ0v) is 20.8. The van der Waals surface area contributed by atoms with Gasteiger partial charge in [0.1, 0.15) is 0 Å². The molecule has 0 amide bonds. The molecule has 4 heteroatoms. The van der Waals surface area contributed by atoms with Gasteiger partial charge < -0.3 is 14.9 Å². The summed E-state index contributed by atoms with van der Waals surface area (Å²) < 4.78 is 0. The first kappa shape index (κ1) is 28.5. The monoisotopic (exact) mass is 538 g/mol. The maximum atomic E-state index is 3.06. The average molecular weight is 542 g/mol. The zero-order valence-electron chi connectivity index (χ0n) is 13.9. The van der Waals surface area contributed by atoms with Crippen molar-refractivity contribution in [3.63, 3.8) is 0 Å². The molecule has 0 unspecified atom stereocenters. The molecule has 0 saturated carbocycles. The smallest absolute Gasteiger partial charge is 0.0809 e. The molecule has 4 aromatic carbocycles. The topological polar surface area (TPSA) is 0 Å². The molecule has 0 fully saturated rings. The summed E-state index contributed by atoms with van der Waals surface area (Å²) in [7, 11) is 0. The number of halogens is 2. The van der Waals surface area contributed by atoms with Crippen molar-refractivity contribution in [3.05, 3.63) is 99.8 Å². The van der Waals surface area contributed by atoms with Crippen molar-refractivity contribution < 1.29 is 23.3 Å². The first-order valence-corrected chi connectivity index (χ1v) is 10.6. The van der Waals surface area contributed by atoms with Crippen LogP contribution in [0.5, 0.6) is 0 Å². The molecule has 0 spiro atoms. The van der Waals surface area contributed by atoms with Gasteiger partial charge in [0, 0.05) is 0 Å². The molecular formula is C20H22Br2SiZr-4. The van der Waals surface area contributed by atoms with Crippen LogP contribution >= 0.6 is 34.0 Å². The fourth-order valence-corrected chi connectivity index (χ4v) is 2.14. The van der Waals surface area contributed by atoms with Crippen molar-refractivity contribution in [2.24, 2.45) is 0 Å². The van der Waals surface area contributed by atoms with Crippen LogP contribution in [-0.2, 0) is 23.3 Å². The van der Waals surface area contributed by atoms with Crippen molar-refractivity contribution in [3.8, 4) is 0 Å². The summed E-state index contributed by atoms with van der Waals surface area (Å²) in [5.41, 5.74) is 0. The van der Waals surface area contributed by atoms with Gasteiger partial charge in [0.25, 0.3) is 0 Å². The van der Waals surface area contributed by atoms with Gasteiger partial charge in [-0.15, -0.1) is 93.3 Å². The van der Waals surface area contributed by atoms with Gasteiger partial charge in [-0.1, -0.05) is 12.1 Å². The van der Waals surface area contributed by atoms with E-state index in [0.717, 1.165) is 0 Å². The predicted octanol–water partition coefficient (Wildman–Crippen LogP) is 6.79. The van der Waals surface area contributed by atoms with Crippen molar-refractivity contribution in [1.29, 1.82) is 0 Å².